The average Bonchev–Trinajstić information content (AvgIpc) is 2.82. The van der Waals surface area contributed by atoms with Crippen molar-refractivity contribution in [3.8, 4) is 5.75 Å². The molecule has 3 amide bonds. The number of hydrogen-bond donors (Lipinski definition) is 1. The maximum Gasteiger partial charge on any atom is 0.325 e. The van der Waals surface area contributed by atoms with E-state index < -0.39 is 5.54 Å². The number of rotatable bonds is 5. The molecule has 25 heavy (non-hydrogen) atoms. The molecule has 1 aliphatic heterocycles. The van der Waals surface area contributed by atoms with Gasteiger partial charge in [-0.3, -0.25) is 9.69 Å². The van der Waals surface area contributed by atoms with Crippen LogP contribution in [0.5, 0.6) is 5.75 Å². The van der Waals surface area contributed by atoms with Crippen molar-refractivity contribution in [2.75, 3.05) is 13.2 Å². The lowest BCUT2D eigenvalue weighted by atomic mass is 9.92. The number of ether oxygens (including phenoxy) is 1. The normalized spacial score (nSPS) is 19.9. The van der Waals surface area contributed by atoms with E-state index in [0.29, 0.717) is 0 Å². The van der Waals surface area contributed by atoms with E-state index in [-0.39, 0.29) is 25.1 Å². The largest absolute Gasteiger partial charge is 0.491 e. The van der Waals surface area contributed by atoms with Crippen molar-refractivity contribution in [1.29, 1.82) is 0 Å². The van der Waals surface area contributed by atoms with E-state index in [9.17, 15) is 9.59 Å². The maximum absolute atomic E-state index is 12.8. The summed E-state index contributed by atoms with van der Waals surface area (Å²) >= 11 is 0. The van der Waals surface area contributed by atoms with Crippen LogP contribution in [-0.2, 0) is 10.3 Å². The van der Waals surface area contributed by atoms with E-state index in [1.807, 2.05) is 62.4 Å². The summed E-state index contributed by atoms with van der Waals surface area (Å²) in [7, 11) is 0. The summed E-state index contributed by atoms with van der Waals surface area (Å²) in [4.78, 5) is 26.3. The Morgan fingerprint density at radius 1 is 1.00 bits per heavy atom. The number of imide groups is 1. The van der Waals surface area contributed by atoms with Gasteiger partial charge in [-0.15, -0.1) is 0 Å². The van der Waals surface area contributed by atoms with Gasteiger partial charge in [0.15, 0.2) is 0 Å². The highest BCUT2D eigenvalue weighted by molar-refractivity contribution is 6.07. The van der Waals surface area contributed by atoms with Crippen molar-refractivity contribution in [3.05, 3.63) is 65.2 Å². The summed E-state index contributed by atoms with van der Waals surface area (Å²) in [5.41, 5.74) is 1.81. The fourth-order valence-electron chi connectivity index (χ4n) is 3.13. The summed E-state index contributed by atoms with van der Waals surface area (Å²) in [5.74, 6) is 0.550. The first-order chi connectivity index (χ1) is 11.9. The van der Waals surface area contributed by atoms with Crippen molar-refractivity contribution in [3.63, 3.8) is 0 Å². The van der Waals surface area contributed by atoms with E-state index in [2.05, 4.69) is 5.32 Å². The molecule has 1 aliphatic rings. The molecule has 0 aliphatic carbocycles. The number of nitrogens with one attached hydrogen (secondary N) is 1. The van der Waals surface area contributed by atoms with Crippen LogP contribution in [0.25, 0.3) is 0 Å². The Morgan fingerprint density at radius 2 is 1.64 bits per heavy atom. The third kappa shape index (κ3) is 3.09. The Kier molecular flexibility index (Phi) is 4.49. The minimum Gasteiger partial charge on any atom is -0.491 e. The Hall–Kier alpha value is -2.82. The van der Waals surface area contributed by atoms with Crippen molar-refractivity contribution >= 4 is 11.9 Å². The van der Waals surface area contributed by atoms with E-state index >= 15 is 0 Å². The number of urea groups is 1. The minimum absolute atomic E-state index is 0.209. The van der Waals surface area contributed by atoms with Crippen LogP contribution in [0.4, 0.5) is 4.79 Å². The minimum atomic E-state index is -1.03. The lowest BCUT2D eigenvalue weighted by Gasteiger charge is -2.22. The number of amides is 3. The van der Waals surface area contributed by atoms with Gasteiger partial charge in [-0.1, -0.05) is 48.5 Å². The molecule has 2 aromatic rings. The first kappa shape index (κ1) is 17.0. The third-order valence-corrected chi connectivity index (χ3v) is 4.60. The zero-order valence-corrected chi connectivity index (χ0v) is 14.7. The van der Waals surface area contributed by atoms with Crippen LogP contribution >= 0.6 is 0 Å². The molecule has 0 bridgehead atoms. The van der Waals surface area contributed by atoms with Crippen LogP contribution in [0.1, 0.15) is 23.6 Å². The van der Waals surface area contributed by atoms with Gasteiger partial charge in [-0.05, 0) is 37.5 Å². The van der Waals surface area contributed by atoms with Crippen LogP contribution in [0, 0.1) is 13.8 Å². The average molecular weight is 338 g/mol. The smallest absolute Gasteiger partial charge is 0.325 e. The zero-order valence-electron chi connectivity index (χ0n) is 14.7. The molecule has 0 aromatic heterocycles. The number of aryl methyl sites for hydroxylation is 2. The van der Waals surface area contributed by atoms with Gasteiger partial charge in [0.25, 0.3) is 5.91 Å². The third-order valence-electron chi connectivity index (χ3n) is 4.60. The van der Waals surface area contributed by atoms with Crippen molar-refractivity contribution in [2.45, 2.75) is 26.3 Å². The molecule has 1 N–H and O–H groups in total. The number of benzene rings is 2. The van der Waals surface area contributed by atoms with Crippen molar-refractivity contribution in [1.82, 2.24) is 10.2 Å². The molecule has 0 unspecified atom stereocenters. The molecule has 3 rings (SSSR count). The van der Waals surface area contributed by atoms with Gasteiger partial charge in [0.1, 0.15) is 17.9 Å². The number of para-hydroxylation sites is 1. The van der Waals surface area contributed by atoms with Gasteiger partial charge in [0.05, 0.1) is 6.54 Å². The second kappa shape index (κ2) is 6.59. The zero-order chi connectivity index (χ0) is 18.0. The Labute approximate surface area is 147 Å². The highest BCUT2D eigenvalue weighted by Crippen LogP contribution is 2.28. The summed E-state index contributed by atoms with van der Waals surface area (Å²) in [5, 5.41) is 2.80. The van der Waals surface area contributed by atoms with Crippen LogP contribution < -0.4 is 10.1 Å². The quantitative estimate of drug-likeness (QED) is 0.852. The fourth-order valence-corrected chi connectivity index (χ4v) is 3.13. The number of nitrogens with zero attached hydrogens (tertiary/aromatic N) is 1. The molecule has 5 heteroatoms. The predicted molar refractivity (Wildman–Crippen MR) is 95.4 cm³/mol. The van der Waals surface area contributed by atoms with E-state index in [1.165, 1.54) is 4.90 Å². The molecule has 2 aromatic carbocycles. The second-order valence-electron chi connectivity index (χ2n) is 6.45. The monoisotopic (exact) mass is 338 g/mol. The van der Waals surface area contributed by atoms with Gasteiger partial charge < -0.3 is 10.1 Å². The van der Waals surface area contributed by atoms with Gasteiger partial charge >= 0.3 is 6.03 Å². The molecule has 1 fully saturated rings. The van der Waals surface area contributed by atoms with E-state index in [0.717, 1.165) is 22.4 Å². The molecule has 0 saturated carbocycles. The van der Waals surface area contributed by atoms with E-state index in [4.69, 9.17) is 4.74 Å². The number of hydrogen-bond acceptors (Lipinski definition) is 3. The summed E-state index contributed by atoms with van der Waals surface area (Å²) < 4.78 is 5.83. The Morgan fingerprint density at radius 3 is 2.28 bits per heavy atom. The first-order valence-electron chi connectivity index (χ1n) is 8.32. The SMILES string of the molecule is Cc1cccc(C)c1OCCN1C(=O)N[C@](C)(c2ccccc2)C1=O. The molecule has 1 saturated heterocycles. The lowest BCUT2D eigenvalue weighted by molar-refractivity contribution is -0.131. The highest BCUT2D eigenvalue weighted by atomic mass is 16.5. The van der Waals surface area contributed by atoms with Crippen LogP contribution in [0.2, 0.25) is 0 Å². The van der Waals surface area contributed by atoms with Gasteiger partial charge in [-0.25, -0.2) is 4.79 Å². The first-order valence-corrected chi connectivity index (χ1v) is 8.32. The van der Waals surface area contributed by atoms with Gasteiger partial charge in [0, 0.05) is 0 Å². The highest BCUT2D eigenvalue weighted by Gasteiger charge is 2.48. The molecule has 1 atom stereocenters. The van der Waals surface area contributed by atoms with Crippen molar-refractivity contribution in [2.24, 2.45) is 0 Å². The Bertz CT molecular complexity index is 784. The summed E-state index contributed by atoms with van der Waals surface area (Å²) in [6.45, 7) is 6.15. The molecule has 1 heterocycles. The second-order valence-corrected chi connectivity index (χ2v) is 6.45. The summed E-state index contributed by atoms with van der Waals surface area (Å²) in [6, 6.07) is 14.8. The molecular formula is C20H22N2O3. The maximum atomic E-state index is 12.8. The Balaban J connectivity index is 1.70. The summed E-state index contributed by atoms with van der Waals surface area (Å²) in [6.07, 6.45) is 0. The molecule has 0 radical (unpaired) electrons. The molecular weight excluding hydrogens is 316 g/mol. The molecule has 130 valence electrons. The standard InChI is InChI=1S/C20H22N2O3/c1-14-8-7-9-15(2)17(14)25-13-12-22-18(23)20(3,21-19(22)24)16-10-5-4-6-11-16/h4-11H,12-13H2,1-3H3,(H,21,24)/t20-/m1/s1. The van der Waals surface area contributed by atoms with Crippen LogP contribution in [0.15, 0.2) is 48.5 Å². The molecule has 5 nitrogen and oxygen atoms in total. The van der Waals surface area contributed by atoms with Crippen molar-refractivity contribution < 1.29 is 14.3 Å². The topological polar surface area (TPSA) is 58.6 Å². The van der Waals surface area contributed by atoms with Gasteiger partial charge in [0.2, 0.25) is 0 Å². The number of carbonyl (C=O) groups excluding carboxylic acids is 2. The van der Waals surface area contributed by atoms with E-state index in [1.54, 1.807) is 6.92 Å². The van der Waals surface area contributed by atoms with Crippen LogP contribution in [-0.4, -0.2) is 30.0 Å². The van der Waals surface area contributed by atoms with Gasteiger partial charge in [-0.2, -0.15) is 0 Å². The predicted octanol–water partition coefficient (Wildman–Crippen LogP) is 3.15. The number of carbonyl (C=O) groups is 2. The molecule has 0 spiro atoms. The fraction of sp³-hybridized carbons (Fsp3) is 0.300. The van der Waals surface area contributed by atoms with Crippen LogP contribution in [0.3, 0.4) is 0 Å². The lowest BCUT2D eigenvalue weighted by Crippen LogP contribution is -2.41.